The van der Waals surface area contributed by atoms with Crippen LogP contribution in [0.25, 0.3) is 0 Å². The molecule has 1 aromatic carbocycles. The number of likely N-dealkylation sites (tertiary alicyclic amines) is 1. The summed E-state index contributed by atoms with van der Waals surface area (Å²) in [5.74, 6) is 0.237. The molecule has 0 aliphatic carbocycles. The summed E-state index contributed by atoms with van der Waals surface area (Å²) in [5.41, 5.74) is 0.848. The van der Waals surface area contributed by atoms with Gasteiger partial charge in [0.2, 0.25) is 15.9 Å². The second-order valence-corrected chi connectivity index (χ2v) is 10.5. The third kappa shape index (κ3) is 4.23. The summed E-state index contributed by atoms with van der Waals surface area (Å²) in [4.78, 5) is 17.3. The zero-order valence-corrected chi connectivity index (χ0v) is 19.0. The fraction of sp³-hybridized carbons (Fsp3) is 0.682. The predicted molar refractivity (Wildman–Crippen MR) is 115 cm³/mol. The van der Waals surface area contributed by atoms with Crippen molar-refractivity contribution >= 4 is 15.9 Å². The summed E-state index contributed by atoms with van der Waals surface area (Å²) < 4.78 is 28.1. The van der Waals surface area contributed by atoms with Crippen molar-refractivity contribution in [1.82, 2.24) is 14.1 Å². The molecule has 2 aliphatic rings. The van der Waals surface area contributed by atoms with E-state index in [-0.39, 0.29) is 17.4 Å². The smallest absolute Gasteiger partial charge is 0.243 e. The van der Waals surface area contributed by atoms with Gasteiger partial charge in [-0.25, -0.2) is 8.42 Å². The minimum atomic E-state index is -3.47. The van der Waals surface area contributed by atoms with Crippen molar-refractivity contribution < 1.29 is 13.2 Å². The molecule has 1 unspecified atom stereocenters. The first-order valence-corrected chi connectivity index (χ1v) is 12.3. The zero-order chi connectivity index (χ0) is 21.2. The maximum atomic E-state index is 13.2. The van der Waals surface area contributed by atoms with Gasteiger partial charge < -0.3 is 4.90 Å². The molecule has 2 fully saturated rings. The lowest BCUT2D eigenvalue weighted by Crippen LogP contribution is -2.59. The van der Waals surface area contributed by atoms with Crippen molar-refractivity contribution in [3.05, 3.63) is 29.8 Å². The molecule has 162 valence electrons. The number of nitrogens with zero attached hydrogens (tertiary/aromatic N) is 3. The van der Waals surface area contributed by atoms with E-state index in [0.29, 0.717) is 37.5 Å². The predicted octanol–water partition coefficient (Wildman–Crippen LogP) is 2.59. The third-order valence-electron chi connectivity index (χ3n) is 6.68. The van der Waals surface area contributed by atoms with Gasteiger partial charge in [0, 0.05) is 50.7 Å². The van der Waals surface area contributed by atoms with Gasteiger partial charge in [-0.1, -0.05) is 45.9 Å². The SMILES string of the molecule is CCc1ccccc1S(=O)(=O)N1CCN(C2(CC)CCN(C(=O)C(C)C)C2)CC1. The number of hydrogen-bond donors (Lipinski definition) is 0. The Morgan fingerprint density at radius 2 is 1.72 bits per heavy atom. The fourth-order valence-corrected chi connectivity index (χ4v) is 6.49. The molecule has 1 atom stereocenters. The van der Waals surface area contributed by atoms with E-state index in [1.165, 1.54) is 0 Å². The van der Waals surface area contributed by atoms with Crippen LogP contribution in [0.1, 0.15) is 46.1 Å². The summed E-state index contributed by atoms with van der Waals surface area (Å²) in [7, 11) is -3.47. The normalized spacial score (nSPS) is 24.4. The van der Waals surface area contributed by atoms with Gasteiger partial charge in [0.25, 0.3) is 0 Å². The van der Waals surface area contributed by atoms with E-state index in [1.807, 2.05) is 37.8 Å². The summed E-state index contributed by atoms with van der Waals surface area (Å²) in [6.45, 7) is 12.1. The maximum absolute atomic E-state index is 13.2. The number of sulfonamides is 1. The highest BCUT2D eigenvalue weighted by molar-refractivity contribution is 7.89. The van der Waals surface area contributed by atoms with E-state index in [0.717, 1.165) is 31.5 Å². The Morgan fingerprint density at radius 3 is 2.31 bits per heavy atom. The summed E-state index contributed by atoms with van der Waals surface area (Å²) in [5, 5.41) is 0. The highest BCUT2D eigenvalue weighted by Gasteiger charge is 2.45. The van der Waals surface area contributed by atoms with E-state index in [9.17, 15) is 13.2 Å². The van der Waals surface area contributed by atoms with Crippen molar-refractivity contribution in [3.8, 4) is 0 Å². The molecule has 0 spiro atoms. The Hall–Kier alpha value is -1.44. The van der Waals surface area contributed by atoms with Crippen molar-refractivity contribution in [3.63, 3.8) is 0 Å². The van der Waals surface area contributed by atoms with Gasteiger partial charge in [-0.2, -0.15) is 4.31 Å². The van der Waals surface area contributed by atoms with Crippen LogP contribution in [0.2, 0.25) is 0 Å². The lowest BCUT2D eigenvalue weighted by Gasteiger charge is -2.45. The topological polar surface area (TPSA) is 60.9 Å². The van der Waals surface area contributed by atoms with E-state index in [2.05, 4.69) is 11.8 Å². The first-order chi connectivity index (χ1) is 13.7. The maximum Gasteiger partial charge on any atom is 0.243 e. The summed E-state index contributed by atoms with van der Waals surface area (Å²) in [6, 6.07) is 7.31. The third-order valence-corrected chi connectivity index (χ3v) is 8.68. The number of hydrogen-bond acceptors (Lipinski definition) is 4. The molecule has 1 aromatic rings. The van der Waals surface area contributed by atoms with Crippen LogP contribution < -0.4 is 0 Å². The largest absolute Gasteiger partial charge is 0.341 e. The molecule has 0 radical (unpaired) electrons. The molecule has 2 heterocycles. The molecule has 7 heteroatoms. The molecule has 0 N–H and O–H groups in total. The van der Waals surface area contributed by atoms with Crippen molar-refractivity contribution in [1.29, 1.82) is 0 Å². The number of aryl methyl sites for hydroxylation is 1. The van der Waals surface area contributed by atoms with Crippen LogP contribution in [-0.2, 0) is 21.2 Å². The van der Waals surface area contributed by atoms with Crippen LogP contribution >= 0.6 is 0 Å². The number of carbonyl (C=O) groups excluding carboxylic acids is 1. The number of rotatable bonds is 6. The molecule has 2 aliphatic heterocycles. The quantitative estimate of drug-likeness (QED) is 0.708. The van der Waals surface area contributed by atoms with E-state index in [1.54, 1.807) is 16.4 Å². The molecular weight excluding hydrogens is 386 g/mol. The lowest BCUT2D eigenvalue weighted by atomic mass is 9.92. The number of carbonyl (C=O) groups is 1. The Labute approximate surface area is 175 Å². The van der Waals surface area contributed by atoms with Crippen molar-refractivity contribution in [2.45, 2.75) is 57.4 Å². The fourth-order valence-electron chi connectivity index (χ4n) is 4.77. The molecule has 29 heavy (non-hydrogen) atoms. The molecule has 3 rings (SSSR count). The second kappa shape index (κ2) is 8.74. The van der Waals surface area contributed by atoms with Crippen LogP contribution in [0, 0.1) is 5.92 Å². The van der Waals surface area contributed by atoms with Crippen molar-refractivity contribution in [2.24, 2.45) is 5.92 Å². The Kier molecular flexibility index (Phi) is 6.70. The Morgan fingerprint density at radius 1 is 1.07 bits per heavy atom. The first kappa shape index (κ1) is 22.2. The molecule has 1 amide bonds. The molecule has 0 aromatic heterocycles. The molecule has 2 saturated heterocycles. The van der Waals surface area contributed by atoms with Gasteiger partial charge in [0.05, 0.1) is 4.90 Å². The van der Waals surface area contributed by atoms with Gasteiger partial charge in [-0.15, -0.1) is 0 Å². The number of benzene rings is 1. The highest BCUT2D eigenvalue weighted by atomic mass is 32.2. The Balaban J connectivity index is 1.70. The zero-order valence-electron chi connectivity index (χ0n) is 18.2. The van der Waals surface area contributed by atoms with Crippen LogP contribution in [0.4, 0.5) is 0 Å². The van der Waals surface area contributed by atoms with Crippen LogP contribution in [-0.4, -0.2) is 73.2 Å². The average molecular weight is 422 g/mol. The van der Waals surface area contributed by atoms with E-state index < -0.39 is 10.0 Å². The highest BCUT2D eigenvalue weighted by Crippen LogP contribution is 2.33. The number of amides is 1. The van der Waals surface area contributed by atoms with E-state index in [4.69, 9.17) is 0 Å². The van der Waals surface area contributed by atoms with Crippen LogP contribution in [0.3, 0.4) is 0 Å². The van der Waals surface area contributed by atoms with Gasteiger partial charge in [0.1, 0.15) is 0 Å². The summed E-state index contributed by atoms with van der Waals surface area (Å²) >= 11 is 0. The summed E-state index contributed by atoms with van der Waals surface area (Å²) in [6.07, 6.45) is 2.64. The van der Waals surface area contributed by atoms with Crippen LogP contribution in [0.5, 0.6) is 0 Å². The van der Waals surface area contributed by atoms with Crippen LogP contribution in [0.15, 0.2) is 29.2 Å². The standard InChI is InChI=1S/C22H35N3O3S/c1-5-19-9-7-8-10-20(19)29(27,28)25-15-13-24(14-16-25)22(6-2)11-12-23(17-22)21(26)18(3)4/h7-10,18H,5-6,11-17H2,1-4H3. The molecule has 0 saturated carbocycles. The first-order valence-electron chi connectivity index (χ1n) is 10.9. The van der Waals surface area contributed by atoms with Crippen molar-refractivity contribution in [2.75, 3.05) is 39.3 Å². The molecule has 0 bridgehead atoms. The van der Waals surface area contributed by atoms with Gasteiger partial charge >= 0.3 is 0 Å². The van der Waals surface area contributed by atoms with E-state index >= 15 is 0 Å². The van der Waals surface area contributed by atoms with Gasteiger partial charge in [-0.3, -0.25) is 9.69 Å². The minimum Gasteiger partial charge on any atom is -0.341 e. The minimum absolute atomic E-state index is 0.0169. The Bertz CT molecular complexity index is 831. The van der Waals surface area contributed by atoms with Gasteiger partial charge in [-0.05, 0) is 30.9 Å². The monoisotopic (exact) mass is 421 g/mol. The molecular formula is C22H35N3O3S. The number of piperazine rings is 1. The second-order valence-electron chi connectivity index (χ2n) is 8.59. The average Bonchev–Trinajstić information content (AvgIpc) is 3.19. The molecule has 6 nitrogen and oxygen atoms in total. The lowest BCUT2D eigenvalue weighted by molar-refractivity contribution is -0.134. The van der Waals surface area contributed by atoms with Gasteiger partial charge in [0.15, 0.2) is 0 Å².